The molecule has 0 radical (unpaired) electrons. The lowest BCUT2D eigenvalue weighted by Crippen LogP contribution is -2.35. The quantitative estimate of drug-likeness (QED) is 0.873. The first-order chi connectivity index (χ1) is 8.08. The summed E-state index contributed by atoms with van der Waals surface area (Å²) >= 11 is 0. The van der Waals surface area contributed by atoms with Gasteiger partial charge in [0.2, 0.25) is 6.79 Å². The fourth-order valence-corrected chi connectivity index (χ4v) is 1.73. The number of fused-ring (bicyclic) bond motifs is 1. The third kappa shape index (κ3) is 2.43. The van der Waals surface area contributed by atoms with Crippen LogP contribution in [0.2, 0.25) is 0 Å². The van der Waals surface area contributed by atoms with E-state index in [2.05, 4.69) is 0 Å². The van der Waals surface area contributed by atoms with E-state index in [1.807, 2.05) is 25.1 Å². The van der Waals surface area contributed by atoms with Crippen molar-refractivity contribution in [1.29, 1.82) is 0 Å². The zero-order valence-corrected chi connectivity index (χ0v) is 9.84. The normalized spacial score (nSPS) is 14.5. The number of benzene rings is 1. The average molecular weight is 237 g/mol. The molecule has 1 aliphatic rings. The van der Waals surface area contributed by atoms with E-state index in [4.69, 9.17) is 14.6 Å². The maximum Gasteiger partial charge on any atom is 0.407 e. The molecule has 0 aromatic heterocycles. The fraction of sp³-hybridized carbons (Fsp3) is 0.417. The van der Waals surface area contributed by atoms with E-state index < -0.39 is 6.09 Å². The number of amides is 1. The predicted molar refractivity (Wildman–Crippen MR) is 61.5 cm³/mol. The van der Waals surface area contributed by atoms with Gasteiger partial charge in [-0.15, -0.1) is 0 Å². The molecule has 0 saturated heterocycles. The Balaban J connectivity index is 2.06. The van der Waals surface area contributed by atoms with Crippen molar-refractivity contribution < 1.29 is 19.4 Å². The number of hydrogen-bond acceptors (Lipinski definition) is 3. The van der Waals surface area contributed by atoms with Gasteiger partial charge in [-0.3, -0.25) is 0 Å². The molecule has 17 heavy (non-hydrogen) atoms. The van der Waals surface area contributed by atoms with Crippen LogP contribution < -0.4 is 9.47 Å². The van der Waals surface area contributed by atoms with E-state index in [-0.39, 0.29) is 12.8 Å². The molecular formula is C12H15NO4. The maximum atomic E-state index is 10.8. The van der Waals surface area contributed by atoms with Crippen LogP contribution >= 0.6 is 0 Å². The number of rotatable bonds is 3. The number of carboxylic acid groups (broad SMARTS) is 1. The van der Waals surface area contributed by atoms with Crippen molar-refractivity contribution in [3.8, 4) is 11.5 Å². The molecule has 5 nitrogen and oxygen atoms in total. The Labute approximate surface area is 99.6 Å². The summed E-state index contributed by atoms with van der Waals surface area (Å²) in [5.41, 5.74) is 1.04. The molecular weight excluding hydrogens is 222 g/mol. The molecule has 0 fully saturated rings. The first-order valence-electron chi connectivity index (χ1n) is 5.42. The Morgan fingerprint density at radius 2 is 2.18 bits per heavy atom. The molecule has 1 atom stereocenters. The number of carbonyl (C=O) groups is 1. The average Bonchev–Trinajstić information content (AvgIpc) is 2.74. The predicted octanol–water partition coefficient (Wildman–Crippen LogP) is 1.96. The second kappa shape index (κ2) is 4.53. The summed E-state index contributed by atoms with van der Waals surface area (Å²) in [6, 6.07) is 5.60. The smallest absolute Gasteiger partial charge is 0.407 e. The van der Waals surface area contributed by atoms with Gasteiger partial charge in [0.05, 0.1) is 0 Å². The van der Waals surface area contributed by atoms with Crippen molar-refractivity contribution in [2.75, 3.05) is 13.8 Å². The van der Waals surface area contributed by atoms with Gasteiger partial charge in [0.15, 0.2) is 11.5 Å². The highest BCUT2D eigenvalue weighted by molar-refractivity contribution is 5.65. The molecule has 1 amide bonds. The summed E-state index contributed by atoms with van der Waals surface area (Å²) in [5.74, 6) is 1.47. The molecule has 0 saturated carbocycles. The first-order valence-corrected chi connectivity index (χ1v) is 5.42. The van der Waals surface area contributed by atoms with E-state index in [1.54, 1.807) is 7.05 Å². The van der Waals surface area contributed by atoms with Gasteiger partial charge in [0, 0.05) is 13.1 Å². The topological polar surface area (TPSA) is 59.0 Å². The van der Waals surface area contributed by atoms with E-state index in [9.17, 15) is 4.79 Å². The third-order valence-corrected chi connectivity index (χ3v) is 2.93. The minimum Gasteiger partial charge on any atom is -0.465 e. The molecule has 92 valence electrons. The number of ether oxygens (including phenoxy) is 2. The lowest BCUT2D eigenvalue weighted by atomic mass is 10.1. The van der Waals surface area contributed by atoms with Crippen molar-refractivity contribution in [2.45, 2.75) is 19.4 Å². The minimum absolute atomic E-state index is 0.0760. The zero-order chi connectivity index (χ0) is 12.4. The summed E-state index contributed by atoms with van der Waals surface area (Å²) in [4.78, 5) is 12.1. The molecule has 1 unspecified atom stereocenters. The summed E-state index contributed by atoms with van der Waals surface area (Å²) in [6.07, 6.45) is -0.266. The Bertz CT molecular complexity index is 433. The first kappa shape index (κ1) is 11.6. The molecule has 5 heteroatoms. The van der Waals surface area contributed by atoms with Crippen molar-refractivity contribution >= 4 is 6.09 Å². The third-order valence-electron chi connectivity index (χ3n) is 2.93. The SMILES string of the molecule is CC(Cc1ccc2c(c1)OCO2)N(C)C(=O)O. The Morgan fingerprint density at radius 3 is 2.88 bits per heavy atom. The summed E-state index contributed by atoms with van der Waals surface area (Å²) in [6.45, 7) is 2.13. The van der Waals surface area contributed by atoms with E-state index in [1.165, 1.54) is 4.90 Å². The van der Waals surface area contributed by atoms with Gasteiger partial charge in [0.1, 0.15) is 0 Å². The van der Waals surface area contributed by atoms with Crippen molar-refractivity contribution in [3.05, 3.63) is 23.8 Å². The standard InChI is InChI=1S/C12H15NO4/c1-8(13(2)12(14)15)5-9-3-4-10-11(6-9)17-7-16-10/h3-4,6,8H,5,7H2,1-2H3,(H,14,15). The molecule has 1 aliphatic heterocycles. The molecule has 0 spiro atoms. The summed E-state index contributed by atoms with van der Waals surface area (Å²) in [7, 11) is 1.57. The fourth-order valence-electron chi connectivity index (χ4n) is 1.73. The number of likely N-dealkylation sites (N-methyl/N-ethyl adjacent to an activating group) is 1. The Hall–Kier alpha value is -1.91. The molecule has 1 N–H and O–H groups in total. The van der Waals surface area contributed by atoms with Crippen LogP contribution in [0.1, 0.15) is 12.5 Å². The summed E-state index contributed by atoms with van der Waals surface area (Å²) in [5, 5.41) is 8.87. The second-order valence-electron chi connectivity index (χ2n) is 4.13. The highest BCUT2D eigenvalue weighted by Crippen LogP contribution is 2.32. The van der Waals surface area contributed by atoms with E-state index in [0.717, 1.165) is 17.1 Å². The van der Waals surface area contributed by atoms with Crippen molar-refractivity contribution in [1.82, 2.24) is 4.90 Å². The van der Waals surface area contributed by atoms with Crippen molar-refractivity contribution in [2.24, 2.45) is 0 Å². The maximum absolute atomic E-state index is 10.8. The number of hydrogen-bond donors (Lipinski definition) is 1. The minimum atomic E-state index is -0.918. The Morgan fingerprint density at radius 1 is 1.47 bits per heavy atom. The number of nitrogens with zero attached hydrogens (tertiary/aromatic N) is 1. The lowest BCUT2D eigenvalue weighted by Gasteiger charge is -2.21. The van der Waals surface area contributed by atoms with Crippen LogP contribution in [0.5, 0.6) is 11.5 Å². The van der Waals surface area contributed by atoms with Gasteiger partial charge in [0.25, 0.3) is 0 Å². The monoisotopic (exact) mass is 237 g/mol. The van der Waals surface area contributed by atoms with Gasteiger partial charge in [-0.1, -0.05) is 6.07 Å². The van der Waals surface area contributed by atoms with Crippen LogP contribution in [0.3, 0.4) is 0 Å². The highest BCUT2D eigenvalue weighted by Gasteiger charge is 2.17. The lowest BCUT2D eigenvalue weighted by molar-refractivity contribution is 0.141. The van der Waals surface area contributed by atoms with Gasteiger partial charge in [-0.2, -0.15) is 0 Å². The van der Waals surface area contributed by atoms with Gasteiger partial charge >= 0.3 is 6.09 Å². The van der Waals surface area contributed by atoms with Crippen LogP contribution in [-0.4, -0.2) is 36.0 Å². The molecule has 1 aromatic carbocycles. The molecule has 2 rings (SSSR count). The Kier molecular flexibility index (Phi) is 3.08. The molecule has 0 bridgehead atoms. The second-order valence-corrected chi connectivity index (χ2v) is 4.13. The largest absolute Gasteiger partial charge is 0.465 e. The molecule has 1 heterocycles. The molecule has 0 aliphatic carbocycles. The van der Waals surface area contributed by atoms with Gasteiger partial charge < -0.3 is 19.5 Å². The van der Waals surface area contributed by atoms with Crippen LogP contribution in [-0.2, 0) is 6.42 Å². The summed E-state index contributed by atoms with van der Waals surface area (Å²) < 4.78 is 10.5. The molecule has 1 aromatic rings. The van der Waals surface area contributed by atoms with Crippen LogP contribution in [0.15, 0.2) is 18.2 Å². The van der Waals surface area contributed by atoms with Gasteiger partial charge in [-0.25, -0.2) is 4.79 Å². The van der Waals surface area contributed by atoms with E-state index >= 15 is 0 Å². The zero-order valence-electron chi connectivity index (χ0n) is 9.84. The van der Waals surface area contributed by atoms with Crippen LogP contribution in [0.25, 0.3) is 0 Å². The van der Waals surface area contributed by atoms with Crippen molar-refractivity contribution in [3.63, 3.8) is 0 Å². The van der Waals surface area contributed by atoms with E-state index in [0.29, 0.717) is 6.42 Å². The van der Waals surface area contributed by atoms with Crippen LogP contribution in [0, 0.1) is 0 Å². The van der Waals surface area contributed by atoms with Crippen LogP contribution in [0.4, 0.5) is 4.79 Å². The highest BCUT2D eigenvalue weighted by atomic mass is 16.7. The van der Waals surface area contributed by atoms with Gasteiger partial charge in [-0.05, 0) is 31.0 Å².